The van der Waals surface area contributed by atoms with E-state index in [1.54, 1.807) is 12.1 Å². The smallest absolute Gasteiger partial charge is 0.291 e. The molecule has 22 heavy (non-hydrogen) atoms. The monoisotopic (exact) mass is 313 g/mol. The number of hydrogen-bond donors (Lipinski definition) is 1. The van der Waals surface area contributed by atoms with Gasteiger partial charge in [0.2, 0.25) is 0 Å². The largest absolute Gasteiger partial charge is 0.451 e. The molecule has 2 aromatic carbocycles. The molecule has 4 heteroatoms. The molecule has 1 aromatic heterocycles. The third-order valence-corrected chi connectivity index (χ3v) is 4.06. The summed E-state index contributed by atoms with van der Waals surface area (Å²) >= 11 is 6.01. The molecule has 0 atom stereocenters. The predicted octanol–water partition coefficient (Wildman–Crippen LogP) is 5.26. The van der Waals surface area contributed by atoms with Gasteiger partial charge in [0.15, 0.2) is 5.76 Å². The van der Waals surface area contributed by atoms with Crippen molar-refractivity contribution in [2.45, 2.75) is 20.8 Å². The summed E-state index contributed by atoms with van der Waals surface area (Å²) in [4.78, 5) is 12.6. The van der Waals surface area contributed by atoms with Crippen molar-refractivity contribution in [2.24, 2.45) is 0 Å². The van der Waals surface area contributed by atoms with E-state index in [9.17, 15) is 4.79 Å². The van der Waals surface area contributed by atoms with Crippen LogP contribution in [0.4, 0.5) is 5.69 Å². The van der Waals surface area contributed by atoms with Crippen LogP contribution in [0.2, 0.25) is 5.02 Å². The standard InChI is InChI=1S/C18H16ClNO2/c1-10-5-4-6-11(2)16(10)20-18(21)17-12(3)14-9-13(19)7-8-15(14)22-17/h4-9H,1-3H3,(H,20,21). The van der Waals surface area contributed by atoms with Crippen LogP contribution in [-0.2, 0) is 0 Å². The van der Waals surface area contributed by atoms with Crippen LogP contribution in [0.25, 0.3) is 11.0 Å². The number of para-hydroxylation sites is 1. The number of carbonyl (C=O) groups is 1. The van der Waals surface area contributed by atoms with Crippen molar-refractivity contribution in [1.29, 1.82) is 0 Å². The molecule has 0 aliphatic rings. The van der Waals surface area contributed by atoms with E-state index >= 15 is 0 Å². The molecule has 112 valence electrons. The van der Waals surface area contributed by atoms with Crippen molar-refractivity contribution in [2.75, 3.05) is 5.32 Å². The van der Waals surface area contributed by atoms with Crippen LogP contribution >= 0.6 is 11.6 Å². The quantitative estimate of drug-likeness (QED) is 0.701. The molecule has 0 aliphatic heterocycles. The van der Waals surface area contributed by atoms with Gasteiger partial charge in [0.1, 0.15) is 5.58 Å². The average Bonchev–Trinajstić information content (AvgIpc) is 2.80. The van der Waals surface area contributed by atoms with E-state index in [1.165, 1.54) is 0 Å². The molecule has 0 unspecified atom stereocenters. The van der Waals surface area contributed by atoms with Crippen LogP contribution in [0.15, 0.2) is 40.8 Å². The summed E-state index contributed by atoms with van der Waals surface area (Å²) in [5.41, 5.74) is 4.32. The van der Waals surface area contributed by atoms with E-state index in [2.05, 4.69) is 5.32 Å². The molecule has 0 radical (unpaired) electrons. The molecule has 3 aromatic rings. The first-order valence-corrected chi connectivity index (χ1v) is 7.41. The zero-order valence-electron chi connectivity index (χ0n) is 12.7. The van der Waals surface area contributed by atoms with Crippen molar-refractivity contribution >= 4 is 34.2 Å². The Kier molecular flexibility index (Phi) is 3.67. The number of carbonyl (C=O) groups excluding carboxylic acids is 1. The summed E-state index contributed by atoms with van der Waals surface area (Å²) in [7, 11) is 0. The van der Waals surface area contributed by atoms with Crippen molar-refractivity contribution in [3.8, 4) is 0 Å². The zero-order valence-corrected chi connectivity index (χ0v) is 13.4. The number of furan rings is 1. The number of aryl methyl sites for hydroxylation is 3. The Morgan fingerprint density at radius 3 is 2.45 bits per heavy atom. The van der Waals surface area contributed by atoms with Crippen LogP contribution in [0.5, 0.6) is 0 Å². The van der Waals surface area contributed by atoms with Crippen LogP contribution in [0, 0.1) is 20.8 Å². The van der Waals surface area contributed by atoms with Crippen molar-refractivity contribution < 1.29 is 9.21 Å². The van der Waals surface area contributed by atoms with Gasteiger partial charge in [-0.1, -0.05) is 29.8 Å². The maximum atomic E-state index is 12.6. The van der Waals surface area contributed by atoms with Gasteiger partial charge in [-0.3, -0.25) is 4.79 Å². The van der Waals surface area contributed by atoms with Gasteiger partial charge >= 0.3 is 0 Å². The zero-order chi connectivity index (χ0) is 15.9. The highest BCUT2D eigenvalue weighted by Crippen LogP contribution is 2.29. The number of benzene rings is 2. The summed E-state index contributed by atoms with van der Waals surface area (Å²) in [5.74, 6) is 0.0714. The first-order chi connectivity index (χ1) is 10.5. The number of anilines is 1. The second-order valence-electron chi connectivity index (χ2n) is 5.42. The Hall–Kier alpha value is -2.26. The molecule has 0 saturated carbocycles. The van der Waals surface area contributed by atoms with Gasteiger partial charge in [-0.25, -0.2) is 0 Å². The van der Waals surface area contributed by atoms with E-state index in [1.807, 2.05) is 45.0 Å². The van der Waals surface area contributed by atoms with E-state index in [-0.39, 0.29) is 5.91 Å². The number of nitrogens with one attached hydrogen (secondary N) is 1. The molecular formula is C18H16ClNO2. The second kappa shape index (κ2) is 5.50. The highest BCUT2D eigenvalue weighted by atomic mass is 35.5. The first kappa shape index (κ1) is 14.7. The van der Waals surface area contributed by atoms with E-state index in [0.717, 1.165) is 27.8 Å². The highest BCUT2D eigenvalue weighted by Gasteiger charge is 2.19. The van der Waals surface area contributed by atoms with Gasteiger partial charge in [0.25, 0.3) is 5.91 Å². The fourth-order valence-corrected chi connectivity index (χ4v) is 2.76. The summed E-state index contributed by atoms with van der Waals surface area (Å²) < 4.78 is 5.70. The lowest BCUT2D eigenvalue weighted by Crippen LogP contribution is -2.14. The summed E-state index contributed by atoms with van der Waals surface area (Å²) in [5, 5.41) is 4.43. The molecule has 1 heterocycles. The number of rotatable bonds is 2. The van der Waals surface area contributed by atoms with Gasteiger partial charge in [-0.15, -0.1) is 0 Å². The Morgan fingerprint density at radius 2 is 1.77 bits per heavy atom. The molecule has 3 nitrogen and oxygen atoms in total. The Morgan fingerprint density at radius 1 is 1.09 bits per heavy atom. The van der Waals surface area contributed by atoms with Crippen molar-refractivity contribution in [3.05, 3.63) is 63.9 Å². The van der Waals surface area contributed by atoms with E-state index in [4.69, 9.17) is 16.0 Å². The molecule has 0 fully saturated rings. The average molecular weight is 314 g/mol. The lowest BCUT2D eigenvalue weighted by molar-refractivity contribution is 0.0997. The van der Waals surface area contributed by atoms with E-state index in [0.29, 0.717) is 16.4 Å². The maximum absolute atomic E-state index is 12.6. The lowest BCUT2D eigenvalue weighted by Gasteiger charge is -2.10. The van der Waals surface area contributed by atoms with Crippen LogP contribution in [0.3, 0.4) is 0 Å². The van der Waals surface area contributed by atoms with E-state index < -0.39 is 0 Å². The maximum Gasteiger partial charge on any atom is 0.291 e. The normalized spacial score (nSPS) is 10.9. The number of hydrogen-bond acceptors (Lipinski definition) is 2. The minimum absolute atomic E-state index is 0.248. The number of halogens is 1. The summed E-state index contributed by atoms with van der Waals surface area (Å²) in [6.07, 6.45) is 0. The Balaban J connectivity index is 2.01. The number of fused-ring (bicyclic) bond motifs is 1. The molecule has 1 amide bonds. The Bertz CT molecular complexity index is 860. The Labute approximate surface area is 133 Å². The minimum atomic E-state index is -0.248. The molecule has 0 bridgehead atoms. The topological polar surface area (TPSA) is 42.2 Å². The minimum Gasteiger partial charge on any atom is -0.451 e. The fourth-order valence-electron chi connectivity index (χ4n) is 2.59. The van der Waals surface area contributed by atoms with Gasteiger partial charge in [-0.05, 0) is 50.1 Å². The molecule has 0 saturated heterocycles. The molecule has 0 aliphatic carbocycles. The van der Waals surface area contributed by atoms with Crippen LogP contribution in [0.1, 0.15) is 27.2 Å². The SMILES string of the molecule is Cc1cccc(C)c1NC(=O)c1oc2ccc(Cl)cc2c1C. The predicted molar refractivity (Wildman–Crippen MR) is 89.8 cm³/mol. The van der Waals surface area contributed by atoms with Gasteiger partial charge < -0.3 is 9.73 Å². The van der Waals surface area contributed by atoms with Crippen molar-refractivity contribution in [3.63, 3.8) is 0 Å². The van der Waals surface area contributed by atoms with Gasteiger partial charge in [0, 0.05) is 21.7 Å². The van der Waals surface area contributed by atoms with Crippen molar-refractivity contribution in [1.82, 2.24) is 0 Å². The first-order valence-electron chi connectivity index (χ1n) is 7.03. The fraction of sp³-hybridized carbons (Fsp3) is 0.167. The third kappa shape index (κ3) is 2.48. The molecule has 0 spiro atoms. The molecular weight excluding hydrogens is 298 g/mol. The summed E-state index contributed by atoms with van der Waals surface area (Å²) in [6.45, 7) is 5.80. The summed E-state index contributed by atoms with van der Waals surface area (Å²) in [6, 6.07) is 11.2. The van der Waals surface area contributed by atoms with Crippen LogP contribution in [-0.4, -0.2) is 5.91 Å². The third-order valence-electron chi connectivity index (χ3n) is 3.82. The van der Waals surface area contributed by atoms with Gasteiger partial charge in [-0.2, -0.15) is 0 Å². The lowest BCUT2D eigenvalue weighted by atomic mass is 10.1. The van der Waals surface area contributed by atoms with Gasteiger partial charge in [0.05, 0.1) is 0 Å². The highest BCUT2D eigenvalue weighted by molar-refractivity contribution is 6.31. The van der Waals surface area contributed by atoms with Crippen LogP contribution < -0.4 is 5.32 Å². The molecule has 1 N–H and O–H groups in total. The number of amides is 1. The second-order valence-corrected chi connectivity index (χ2v) is 5.85. The molecule has 3 rings (SSSR count).